The first-order valence-electron chi connectivity index (χ1n) is 4.32. The van der Waals surface area contributed by atoms with Gasteiger partial charge in [-0.15, -0.1) is 0 Å². The summed E-state index contributed by atoms with van der Waals surface area (Å²) in [5.41, 5.74) is 5.76. The molecule has 5 nitrogen and oxygen atoms in total. The van der Waals surface area contributed by atoms with Crippen molar-refractivity contribution < 1.29 is 14.6 Å². The summed E-state index contributed by atoms with van der Waals surface area (Å²) in [7, 11) is 0. The highest BCUT2D eigenvalue weighted by Crippen LogP contribution is 2.31. The number of carbonyl (C=O) groups is 1. The van der Waals surface area contributed by atoms with Crippen LogP contribution in [0.3, 0.4) is 0 Å². The number of aromatic carboxylic acids is 1. The van der Waals surface area contributed by atoms with Crippen LogP contribution >= 0.6 is 0 Å². The number of anilines is 1. The third-order valence-corrected chi connectivity index (χ3v) is 2.00. The first-order valence-corrected chi connectivity index (χ1v) is 4.32. The van der Waals surface area contributed by atoms with Gasteiger partial charge < -0.3 is 15.6 Å². The third kappa shape index (κ3) is 1.61. The summed E-state index contributed by atoms with van der Waals surface area (Å²) in [6.07, 6.45) is 4.84. The van der Waals surface area contributed by atoms with E-state index in [-0.39, 0.29) is 17.4 Å². The quantitative estimate of drug-likeness (QED) is 0.746. The third-order valence-electron chi connectivity index (χ3n) is 2.00. The van der Waals surface area contributed by atoms with E-state index in [1.165, 1.54) is 12.4 Å². The van der Waals surface area contributed by atoms with Crippen molar-refractivity contribution in [3.05, 3.63) is 18.0 Å². The average molecular weight is 194 g/mol. The van der Waals surface area contributed by atoms with Crippen molar-refractivity contribution in [3.8, 4) is 5.75 Å². The van der Waals surface area contributed by atoms with Crippen molar-refractivity contribution >= 4 is 11.7 Å². The summed E-state index contributed by atoms with van der Waals surface area (Å²) >= 11 is 0. The first kappa shape index (κ1) is 8.80. The molecule has 14 heavy (non-hydrogen) atoms. The van der Waals surface area contributed by atoms with Crippen LogP contribution < -0.4 is 10.5 Å². The second-order valence-electron chi connectivity index (χ2n) is 3.22. The number of ether oxygens (including phenoxy) is 1. The molecule has 2 rings (SSSR count). The SMILES string of the molecule is Nc1c(OC2CC2)cncc1C(=O)O. The molecule has 0 saturated heterocycles. The van der Waals surface area contributed by atoms with Crippen molar-refractivity contribution in [3.63, 3.8) is 0 Å². The van der Waals surface area contributed by atoms with E-state index < -0.39 is 5.97 Å². The Hall–Kier alpha value is -1.78. The molecule has 0 radical (unpaired) electrons. The van der Waals surface area contributed by atoms with Gasteiger partial charge in [0.05, 0.1) is 18.0 Å². The van der Waals surface area contributed by atoms with Crippen LogP contribution in [0.25, 0.3) is 0 Å². The maximum atomic E-state index is 10.7. The Morgan fingerprint density at radius 2 is 2.29 bits per heavy atom. The lowest BCUT2D eigenvalue weighted by Gasteiger charge is -2.08. The van der Waals surface area contributed by atoms with Gasteiger partial charge in [0.2, 0.25) is 0 Å². The maximum Gasteiger partial charge on any atom is 0.339 e. The molecule has 0 amide bonds. The second-order valence-corrected chi connectivity index (χ2v) is 3.22. The lowest BCUT2D eigenvalue weighted by molar-refractivity contribution is 0.0697. The summed E-state index contributed by atoms with van der Waals surface area (Å²) in [6, 6.07) is 0. The van der Waals surface area contributed by atoms with Gasteiger partial charge in [0, 0.05) is 6.20 Å². The Bertz CT molecular complexity index is 374. The zero-order valence-electron chi connectivity index (χ0n) is 7.43. The molecule has 5 heteroatoms. The smallest absolute Gasteiger partial charge is 0.339 e. The van der Waals surface area contributed by atoms with Crippen LogP contribution in [-0.4, -0.2) is 22.2 Å². The van der Waals surface area contributed by atoms with Crippen LogP contribution in [0.2, 0.25) is 0 Å². The van der Waals surface area contributed by atoms with E-state index in [0.717, 1.165) is 12.8 Å². The van der Waals surface area contributed by atoms with Crippen LogP contribution in [0.1, 0.15) is 23.2 Å². The number of carboxylic acid groups (broad SMARTS) is 1. The largest absolute Gasteiger partial charge is 0.487 e. The number of aromatic nitrogens is 1. The molecule has 1 fully saturated rings. The maximum absolute atomic E-state index is 10.7. The monoisotopic (exact) mass is 194 g/mol. The zero-order valence-corrected chi connectivity index (χ0v) is 7.43. The molecule has 0 aromatic carbocycles. The van der Waals surface area contributed by atoms with E-state index in [1.807, 2.05) is 0 Å². The number of hydrogen-bond donors (Lipinski definition) is 2. The molecular formula is C9H10N2O3. The predicted octanol–water partition coefficient (Wildman–Crippen LogP) is 0.903. The topological polar surface area (TPSA) is 85.4 Å². The lowest BCUT2D eigenvalue weighted by Crippen LogP contribution is -2.07. The highest BCUT2D eigenvalue weighted by atomic mass is 16.5. The fourth-order valence-electron chi connectivity index (χ4n) is 1.08. The van der Waals surface area contributed by atoms with Crippen molar-refractivity contribution in [1.82, 2.24) is 4.98 Å². The van der Waals surface area contributed by atoms with Crippen LogP contribution in [0, 0.1) is 0 Å². The molecule has 0 unspecified atom stereocenters. The van der Waals surface area contributed by atoms with Gasteiger partial charge in [-0.25, -0.2) is 4.79 Å². The van der Waals surface area contributed by atoms with E-state index in [1.54, 1.807) is 0 Å². The summed E-state index contributed by atoms with van der Waals surface area (Å²) in [5, 5.41) is 8.76. The molecule has 74 valence electrons. The first-order chi connectivity index (χ1) is 6.68. The summed E-state index contributed by atoms with van der Waals surface area (Å²) in [6.45, 7) is 0. The fourth-order valence-corrected chi connectivity index (χ4v) is 1.08. The van der Waals surface area contributed by atoms with Gasteiger partial charge in [-0.1, -0.05) is 0 Å². The number of rotatable bonds is 3. The molecule has 1 aromatic heterocycles. The highest BCUT2D eigenvalue weighted by Gasteiger charge is 2.25. The van der Waals surface area contributed by atoms with Crippen molar-refractivity contribution in [2.75, 3.05) is 5.73 Å². The Kier molecular flexibility index (Phi) is 1.99. The molecule has 3 N–H and O–H groups in total. The Morgan fingerprint density at radius 3 is 2.86 bits per heavy atom. The van der Waals surface area contributed by atoms with Crippen LogP contribution in [-0.2, 0) is 0 Å². The number of pyridine rings is 1. The molecule has 1 aliphatic carbocycles. The van der Waals surface area contributed by atoms with Crippen molar-refractivity contribution in [2.24, 2.45) is 0 Å². The minimum atomic E-state index is -1.09. The summed E-state index contributed by atoms with van der Waals surface area (Å²) in [4.78, 5) is 14.5. The molecule has 1 heterocycles. The summed E-state index contributed by atoms with van der Waals surface area (Å²) < 4.78 is 5.40. The van der Waals surface area contributed by atoms with E-state index in [0.29, 0.717) is 5.75 Å². The van der Waals surface area contributed by atoms with Crippen LogP contribution in [0.4, 0.5) is 5.69 Å². The molecule has 0 atom stereocenters. The van der Waals surface area contributed by atoms with E-state index in [2.05, 4.69) is 4.98 Å². The molecule has 1 aliphatic rings. The number of carboxylic acids is 1. The lowest BCUT2D eigenvalue weighted by atomic mass is 10.2. The normalized spacial score (nSPS) is 15.1. The van der Waals surface area contributed by atoms with Crippen LogP contribution in [0.15, 0.2) is 12.4 Å². The van der Waals surface area contributed by atoms with Gasteiger partial charge in [0.25, 0.3) is 0 Å². The predicted molar refractivity (Wildman–Crippen MR) is 49.3 cm³/mol. The molecule has 0 spiro atoms. The van der Waals surface area contributed by atoms with E-state index >= 15 is 0 Å². The molecule has 0 bridgehead atoms. The average Bonchev–Trinajstić information content (AvgIpc) is 2.92. The van der Waals surface area contributed by atoms with Crippen molar-refractivity contribution in [1.29, 1.82) is 0 Å². The van der Waals surface area contributed by atoms with E-state index in [9.17, 15) is 4.79 Å². The summed E-state index contributed by atoms with van der Waals surface area (Å²) in [5.74, 6) is -0.719. The Balaban J connectivity index is 2.30. The van der Waals surface area contributed by atoms with Crippen molar-refractivity contribution in [2.45, 2.75) is 18.9 Å². The number of nitrogens with zero attached hydrogens (tertiary/aromatic N) is 1. The van der Waals surface area contributed by atoms with Gasteiger partial charge in [-0.05, 0) is 12.8 Å². The minimum Gasteiger partial charge on any atom is -0.487 e. The Morgan fingerprint density at radius 1 is 1.57 bits per heavy atom. The number of hydrogen-bond acceptors (Lipinski definition) is 4. The highest BCUT2D eigenvalue weighted by molar-refractivity contribution is 5.94. The van der Waals surface area contributed by atoms with Gasteiger partial charge in [0.15, 0.2) is 5.75 Å². The zero-order chi connectivity index (χ0) is 10.1. The minimum absolute atomic E-state index is 0.0110. The number of nitrogens with two attached hydrogens (primary N) is 1. The Labute approximate surface area is 80.5 Å². The fraction of sp³-hybridized carbons (Fsp3) is 0.333. The van der Waals surface area contributed by atoms with Gasteiger partial charge in [-0.2, -0.15) is 0 Å². The molecule has 1 saturated carbocycles. The standard InChI is InChI=1S/C9H10N2O3/c10-8-6(9(12)13)3-11-4-7(8)14-5-1-2-5/h3-5H,1-2H2,(H2,10,11)(H,12,13). The molecular weight excluding hydrogens is 184 g/mol. The van der Waals surface area contributed by atoms with E-state index in [4.69, 9.17) is 15.6 Å². The second kappa shape index (κ2) is 3.17. The van der Waals surface area contributed by atoms with Gasteiger partial charge in [-0.3, -0.25) is 4.98 Å². The van der Waals surface area contributed by atoms with Gasteiger partial charge in [0.1, 0.15) is 5.56 Å². The van der Waals surface area contributed by atoms with Gasteiger partial charge >= 0.3 is 5.97 Å². The molecule has 1 aromatic rings. The number of nitrogen functional groups attached to an aromatic ring is 1. The van der Waals surface area contributed by atoms with Crippen LogP contribution in [0.5, 0.6) is 5.75 Å². The molecule has 0 aliphatic heterocycles.